The molecule has 7 nitrogen and oxygen atoms in total. The molecule has 0 saturated carbocycles. The lowest BCUT2D eigenvalue weighted by Crippen LogP contribution is -2.49. The van der Waals surface area contributed by atoms with E-state index < -0.39 is 25.4 Å². The molecule has 0 radical (unpaired) electrons. The summed E-state index contributed by atoms with van der Waals surface area (Å²) in [5.41, 5.74) is -0.351. The summed E-state index contributed by atoms with van der Waals surface area (Å²) in [4.78, 5) is 8.38. The number of hydrogen-bond donors (Lipinski definition) is 5. The summed E-state index contributed by atoms with van der Waals surface area (Å²) in [6.07, 6.45) is 1.41. The highest BCUT2D eigenvalue weighted by Gasteiger charge is 2.30. The van der Waals surface area contributed by atoms with Crippen LogP contribution in [-0.4, -0.2) is 57.2 Å². The van der Waals surface area contributed by atoms with Gasteiger partial charge in [0.15, 0.2) is 0 Å². The molecule has 0 aliphatic carbocycles. The van der Waals surface area contributed by atoms with Crippen molar-refractivity contribution < 1.29 is 15.3 Å². The number of aliphatic hydroxyl groups excluding tert-OH is 3. The van der Waals surface area contributed by atoms with Gasteiger partial charge < -0.3 is 26.0 Å². The van der Waals surface area contributed by atoms with Crippen LogP contribution in [0.4, 0.5) is 11.6 Å². The smallest absolute Gasteiger partial charge is 0.135 e. The third kappa shape index (κ3) is 3.56. The number of nitrogens with one attached hydrogen (secondary N) is 2. The summed E-state index contributed by atoms with van der Waals surface area (Å²) < 4.78 is 0. The van der Waals surface area contributed by atoms with Gasteiger partial charge >= 0.3 is 0 Å². The molecule has 0 saturated heterocycles. The summed E-state index contributed by atoms with van der Waals surface area (Å²) in [5, 5.41) is 34.3. The van der Waals surface area contributed by atoms with Crippen LogP contribution in [0.3, 0.4) is 0 Å². The van der Waals surface area contributed by atoms with Gasteiger partial charge in [-0.15, -0.1) is 0 Å². The Morgan fingerprint density at radius 3 is 2.10 bits per heavy atom. The normalized spacial score (nSPS) is 11.8. The fourth-order valence-electron chi connectivity index (χ4n) is 1.87. The van der Waals surface area contributed by atoms with Crippen molar-refractivity contribution in [3.8, 4) is 0 Å². The first-order valence-electron chi connectivity index (χ1n) is 6.73. The van der Waals surface area contributed by atoms with Crippen molar-refractivity contribution >= 4 is 11.6 Å². The van der Waals surface area contributed by atoms with Gasteiger partial charge in [0.2, 0.25) is 0 Å². The van der Waals surface area contributed by atoms with Crippen molar-refractivity contribution in [1.29, 1.82) is 0 Å². The zero-order valence-corrected chi connectivity index (χ0v) is 12.2. The minimum absolute atomic E-state index is 0.140. The van der Waals surface area contributed by atoms with Gasteiger partial charge in [0, 0.05) is 12.1 Å². The Hall–Kier alpha value is -1.44. The minimum atomic E-state index is -1.21. The van der Waals surface area contributed by atoms with Gasteiger partial charge in [0.1, 0.15) is 23.5 Å². The van der Waals surface area contributed by atoms with Crippen molar-refractivity contribution in [2.45, 2.75) is 32.2 Å². The highest BCUT2D eigenvalue weighted by Crippen LogP contribution is 2.29. The van der Waals surface area contributed by atoms with E-state index in [0.29, 0.717) is 11.6 Å². The van der Waals surface area contributed by atoms with Gasteiger partial charge in [-0.1, -0.05) is 13.8 Å². The van der Waals surface area contributed by atoms with Crippen LogP contribution in [0.1, 0.15) is 32.3 Å². The molecule has 0 aliphatic rings. The Morgan fingerprint density at radius 2 is 1.65 bits per heavy atom. The zero-order valence-electron chi connectivity index (χ0n) is 12.2. The number of aromatic nitrogens is 2. The van der Waals surface area contributed by atoms with Crippen molar-refractivity contribution in [2.24, 2.45) is 0 Å². The first kappa shape index (κ1) is 16.6. The van der Waals surface area contributed by atoms with Crippen molar-refractivity contribution in [3.05, 3.63) is 11.9 Å². The number of anilines is 2. The summed E-state index contributed by atoms with van der Waals surface area (Å²) in [5.74, 6) is 1.35. The third-order valence-corrected chi connectivity index (χ3v) is 3.10. The van der Waals surface area contributed by atoms with Crippen LogP contribution in [0.2, 0.25) is 0 Å². The molecule has 0 spiro atoms. The van der Waals surface area contributed by atoms with Crippen molar-refractivity contribution in [1.82, 2.24) is 9.97 Å². The fourth-order valence-corrected chi connectivity index (χ4v) is 1.87. The summed E-state index contributed by atoms with van der Waals surface area (Å²) >= 11 is 0. The maximum atomic E-state index is 9.40. The first-order chi connectivity index (χ1) is 9.53. The summed E-state index contributed by atoms with van der Waals surface area (Å²) in [6.45, 7) is 5.49. The van der Waals surface area contributed by atoms with E-state index >= 15 is 0 Å². The number of rotatable bonds is 8. The molecular weight excluding hydrogens is 260 g/mol. The van der Waals surface area contributed by atoms with Crippen LogP contribution < -0.4 is 10.6 Å². The average molecular weight is 284 g/mol. The molecule has 0 unspecified atom stereocenters. The predicted molar refractivity (Wildman–Crippen MR) is 77.9 cm³/mol. The maximum Gasteiger partial charge on any atom is 0.135 e. The van der Waals surface area contributed by atoms with Crippen LogP contribution in [0.5, 0.6) is 0 Å². The van der Waals surface area contributed by atoms with Crippen LogP contribution >= 0.6 is 0 Å². The summed E-state index contributed by atoms with van der Waals surface area (Å²) in [6, 6.07) is 0. The molecule has 1 aromatic heterocycles. The molecule has 7 heteroatoms. The Morgan fingerprint density at radius 1 is 1.10 bits per heavy atom. The van der Waals surface area contributed by atoms with Gasteiger partial charge in [-0.25, -0.2) is 9.97 Å². The Bertz CT molecular complexity index is 414. The predicted octanol–water partition coefficient (Wildman–Crippen LogP) is 0.159. The van der Waals surface area contributed by atoms with E-state index in [0.717, 1.165) is 12.1 Å². The highest BCUT2D eigenvalue weighted by molar-refractivity contribution is 5.60. The third-order valence-electron chi connectivity index (χ3n) is 3.10. The topological polar surface area (TPSA) is 111 Å². The molecule has 0 aliphatic heterocycles. The molecule has 0 bridgehead atoms. The van der Waals surface area contributed by atoms with Gasteiger partial charge in [-0.05, 0) is 12.8 Å². The zero-order chi connectivity index (χ0) is 15.2. The van der Waals surface area contributed by atoms with Crippen LogP contribution in [0.15, 0.2) is 6.33 Å². The molecule has 5 N–H and O–H groups in total. The lowest BCUT2D eigenvalue weighted by atomic mass is 10.00. The highest BCUT2D eigenvalue weighted by atomic mass is 16.3. The molecule has 114 valence electrons. The Kier molecular flexibility index (Phi) is 6.12. The summed E-state index contributed by atoms with van der Waals surface area (Å²) in [7, 11) is 0. The molecule has 20 heavy (non-hydrogen) atoms. The lowest BCUT2D eigenvalue weighted by molar-refractivity contribution is 0.0830. The maximum absolute atomic E-state index is 9.40. The lowest BCUT2D eigenvalue weighted by Gasteiger charge is -2.31. The standard InChI is InChI=1S/C13H24N4O3/c1-4-14-11-10(9(2)3)12(16-8-15-11)17-13(5-18,6-19)7-20/h8-9,18-20H,4-7H2,1-3H3,(H2,14,15,16,17). The molecule has 0 fully saturated rings. The minimum Gasteiger partial charge on any atom is -0.394 e. The van der Waals surface area contributed by atoms with Gasteiger partial charge in [-0.2, -0.15) is 0 Å². The van der Waals surface area contributed by atoms with E-state index in [1.807, 2.05) is 20.8 Å². The van der Waals surface area contributed by atoms with E-state index in [1.165, 1.54) is 6.33 Å². The second-order valence-electron chi connectivity index (χ2n) is 5.05. The molecule has 1 aromatic rings. The Labute approximate surface area is 119 Å². The second kappa shape index (κ2) is 7.37. The van der Waals surface area contributed by atoms with Crippen molar-refractivity contribution in [3.63, 3.8) is 0 Å². The molecule has 1 heterocycles. The number of aliphatic hydroxyl groups is 3. The van der Waals surface area contributed by atoms with Gasteiger partial charge in [-0.3, -0.25) is 0 Å². The largest absolute Gasteiger partial charge is 0.394 e. The number of nitrogens with zero attached hydrogens (tertiary/aromatic N) is 2. The molecule has 0 amide bonds. The van der Waals surface area contributed by atoms with E-state index in [-0.39, 0.29) is 5.92 Å². The monoisotopic (exact) mass is 284 g/mol. The first-order valence-corrected chi connectivity index (χ1v) is 6.73. The Balaban J connectivity index is 3.20. The number of hydrogen-bond acceptors (Lipinski definition) is 7. The van der Waals surface area contributed by atoms with Crippen LogP contribution in [-0.2, 0) is 0 Å². The van der Waals surface area contributed by atoms with Gasteiger partial charge in [0.05, 0.1) is 19.8 Å². The van der Waals surface area contributed by atoms with Gasteiger partial charge in [0.25, 0.3) is 0 Å². The quantitative estimate of drug-likeness (QED) is 0.462. The van der Waals surface area contributed by atoms with E-state index in [2.05, 4.69) is 20.6 Å². The molecular formula is C13H24N4O3. The van der Waals surface area contributed by atoms with E-state index in [1.54, 1.807) is 0 Å². The van der Waals surface area contributed by atoms with E-state index in [9.17, 15) is 15.3 Å². The van der Waals surface area contributed by atoms with E-state index in [4.69, 9.17) is 0 Å². The SMILES string of the molecule is CCNc1ncnc(NC(CO)(CO)CO)c1C(C)C. The second-order valence-corrected chi connectivity index (χ2v) is 5.05. The molecule has 0 aromatic carbocycles. The average Bonchev–Trinajstić information content (AvgIpc) is 2.45. The van der Waals surface area contributed by atoms with Crippen LogP contribution in [0, 0.1) is 0 Å². The van der Waals surface area contributed by atoms with Crippen LogP contribution in [0.25, 0.3) is 0 Å². The molecule has 1 rings (SSSR count). The fraction of sp³-hybridized carbons (Fsp3) is 0.692. The molecule has 0 atom stereocenters. The van der Waals surface area contributed by atoms with Crippen molar-refractivity contribution in [2.75, 3.05) is 37.0 Å².